The van der Waals surface area contributed by atoms with Crippen LogP contribution >= 0.6 is 0 Å². The zero-order valence-corrected chi connectivity index (χ0v) is 18.0. The molecule has 7 heteroatoms. The number of ether oxygens (including phenoxy) is 2. The predicted molar refractivity (Wildman–Crippen MR) is 116 cm³/mol. The normalized spacial score (nSPS) is 14.0. The molecule has 2 amide bonds. The van der Waals surface area contributed by atoms with Crippen molar-refractivity contribution in [2.45, 2.75) is 26.2 Å². The number of methoxy groups -OCH3 is 1. The Bertz CT molecular complexity index is 943. The Morgan fingerprint density at radius 3 is 2.39 bits per heavy atom. The standard InChI is InChI=1S/C24H28N2O5/c1-18(27)31-22-9-4-7-20(17-22)24(29)26-13-5-12-25(14-15-26)23(28)11-10-19-6-3-8-21(16-19)30-2/h3-4,6-9,16-17H,5,10-15H2,1-2H3. The average Bonchev–Trinajstić information content (AvgIpc) is 3.03. The Morgan fingerprint density at radius 2 is 1.61 bits per heavy atom. The SMILES string of the molecule is COc1cccc(CCC(=O)N2CCCN(C(=O)c3cccc(OC(C)=O)c3)CC2)c1. The summed E-state index contributed by atoms with van der Waals surface area (Å²) in [6, 6.07) is 14.4. The van der Waals surface area contributed by atoms with E-state index in [0.717, 1.165) is 17.7 Å². The van der Waals surface area contributed by atoms with E-state index < -0.39 is 5.97 Å². The fourth-order valence-electron chi connectivity index (χ4n) is 3.65. The zero-order valence-electron chi connectivity index (χ0n) is 18.0. The second-order valence-corrected chi connectivity index (χ2v) is 7.50. The quantitative estimate of drug-likeness (QED) is 0.526. The number of esters is 1. The molecule has 0 saturated carbocycles. The molecule has 3 rings (SSSR count). The maximum absolute atomic E-state index is 12.9. The van der Waals surface area contributed by atoms with Crippen LogP contribution in [0.15, 0.2) is 48.5 Å². The minimum absolute atomic E-state index is 0.0916. The van der Waals surface area contributed by atoms with E-state index in [1.54, 1.807) is 36.3 Å². The number of hydrogen-bond acceptors (Lipinski definition) is 5. The summed E-state index contributed by atoms with van der Waals surface area (Å²) in [6.07, 6.45) is 1.80. The van der Waals surface area contributed by atoms with Crippen LogP contribution in [-0.2, 0) is 16.0 Å². The highest BCUT2D eigenvalue weighted by Crippen LogP contribution is 2.18. The van der Waals surface area contributed by atoms with Crippen molar-refractivity contribution < 1.29 is 23.9 Å². The average molecular weight is 424 g/mol. The molecule has 0 aliphatic carbocycles. The van der Waals surface area contributed by atoms with Crippen molar-refractivity contribution in [1.29, 1.82) is 0 Å². The summed E-state index contributed by atoms with van der Waals surface area (Å²) >= 11 is 0. The Morgan fingerprint density at radius 1 is 0.903 bits per heavy atom. The molecule has 31 heavy (non-hydrogen) atoms. The molecule has 0 atom stereocenters. The minimum Gasteiger partial charge on any atom is -0.497 e. The van der Waals surface area contributed by atoms with Gasteiger partial charge in [0.25, 0.3) is 5.91 Å². The van der Waals surface area contributed by atoms with Gasteiger partial charge in [-0.25, -0.2) is 0 Å². The second-order valence-electron chi connectivity index (χ2n) is 7.50. The van der Waals surface area contributed by atoms with Crippen LogP contribution in [0, 0.1) is 0 Å². The van der Waals surface area contributed by atoms with Crippen LogP contribution in [0.3, 0.4) is 0 Å². The van der Waals surface area contributed by atoms with Gasteiger partial charge in [0.05, 0.1) is 7.11 Å². The molecule has 0 unspecified atom stereocenters. The smallest absolute Gasteiger partial charge is 0.308 e. The van der Waals surface area contributed by atoms with Crippen LogP contribution in [-0.4, -0.2) is 60.9 Å². The van der Waals surface area contributed by atoms with Crippen molar-refractivity contribution in [2.75, 3.05) is 33.3 Å². The van der Waals surface area contributed by atoms with Gasteiger partial charge in [-0.05, 0) is 48.7 Å². The van der Waals surface area contributed by atoms with Crippen molar-refractivity contribution in [3.63, 3.8) is 0 Å². The van der Waals surface area contributed by atoms with Crippen LogP contribution in [0.25, 0.3) is 0 Å². The van der Waals surface area contributed by atoms with E-state index >= 15 is 0 Å². The monoisotopic (exact) mass is 424 g/mol. The largest absolute Gasteiger partial charge is 0.497 e. The van der Waals surface area contributed by atoms with E-state index in [2.05, 4.69) is 0 Å². The van der Waals surface area contributed by atoms with Crippen LogP contribution < -0.4 is 9.47 Å². The number of aryl methyl sites for hydroxylation is 1. The molecule has 1 aliphatic heterocycles. The highest BCUT2D eigenvalue weighted by atomic mass is 16.5. The number of amides is 2. The summed E-state index contributed by atoms with van der Waals surface area (Å²) in [5, 5.41) is 0. The molecule has 1 heterocycles. The fourth-order valence-corrected chi connectivity index (χ4v) is 3.65. The third kappa shape index (κ3) is 6.31. The molecule has 0 N–H and O–H groups in total. The summed E-state index contributed by atoms with van der Waals surface area (Å²) < 4.78 is 10.3. The maximum atomic E-state index is 12.9. The number of carbonyl (C=O) groups is 3. The highest BCUT2D eigenvalue weighted by molar-refractivity contribution is 5.94. The van der Waals surface area contributed by atoms with E-state index in [4.69, 9.17) is 9.47 Å². The molecule has 2 aromatic carbocycles. The van der Waals surface area contributed by atoms with Crippen molar-refractivity contribution >= 4 is 17.8 Å². The molecular formula is C24H28N2O5. The first-order valence-electron chi connectivity index (χ1n) is 10.4. The number of nitrogens with zero attached hydrogens (tertiary/aromatic N) is 2. The van der Waals surface area contributed by atoms with Crippen LogP contribution in [0.5, 0.6) is 11.5 Å². The van der Waals surface area contributed by atoms with Crippen molar-refractivity contribution in [3.05, 3.63) is 59.7 Å². The van der Waals surface area contributed by atoms with E-state index in [9.17, 15) is 14.4 Å². The van der Waals surface area contributed by atoms with Gasteiger partial charge in [-0.3, -0.25) is 14.4 Å². The Balaban J connectivity index is 1.55. The molecule has 1 saturated heterocycles. The van der Waals surface area contributed by atoms with Crippen LogP contribution in [0.1, 0.15) is 35.7 Å². The van der Waals surface area contributed by atoms with E-state index in [1.807, 2.05) is 29.2 Å². The lowest BCUT2D eigenvalue weighted by Crippen LogP contribution is -2.37. The van der Waals surface area contributed by atoms with Crippen molar-refractivity contribution in [2.24, 2.45) is 0 Å². The first-order chi connectivity index (χ1) is 15.0. The second kappa shape index (κ2) is 10.6. The molecule has 164 valence electrons. The van der Waals surface area contributed by atoms with Gasteiger partial charge in [0, 0.05) is 45.1 Å². The molecule has 1 fully saturated rings. The lowest BCUT2D eigenvalue weighted by molar-refractivity contribution is -0.132. The third-order valence-electron chi connectivity index (χ3n) is 5.24. The summed E-state index contributed by atoms with van der Waals surface area (Å²) in [7, 11) is 1.63. The van der Waals surface area contributed by atoms with Gasteiger partial charge >= 0.3 is 5.97 Å². The number of rotatable bonds is 6. The van der Waals surface area contributed by atoms with Gasteiger partial charge in [0.1, 0.15) is 11.5 Å². The van der Waals surface area contributed by atoms with Gasteiger partial charge < -0.3 is 19.3 Å². The maximum Gasteiger partial charge on any atom is 0.308 e. The number of hydrogen-bond donors (Lipinski definition) is 0. The van der Waals surface area contributed by atoms with E-state index in [1.165, 1.54) is 6.92 Å². The van der Waals surface area contributed by atoms with Gasteiger partial charge in [0.15, 0.2) is 0 Å². The van der Waals surface area contributed by atoms with Gasteiger partial charge in [-0.1, -0.05) is 18.2 Å². The van der Waals surface area contributed by atoms with E-state index in [-0.39, 0.29) is 11.8 Å². The van der Waals surface area contributed by atoms with Crippen molar-refractivity contribution in [3.8, 4) is 11.5 Å². The lowest BCUT2D eigenvalue weighted by atomic mass is 10.1. The summed E-state index contributed by atoms with van der Waals surface area (Å²) in [4.78, 5) is 40.4. The third-order valence-corrected chi connectivity index (χ3v) is 5.24. The number of benzene rings is 2. The van der Waals surface area contributed by atoms with E-state index in [0.29, 0.717) is 50.3 Å². The Labute approximate surface area is 182 Å². The summed E-state index contributed by atoms with van der Waals surface area (Å²) in [5.41, 5.74) is 1.53. The number of carbonyl (C=O) groups excluding carboxylic acids is 3. The van der Waals surface area contributed by atoms with Gasteiger partial charge in [0.2, 0.25) is 5.91 Å². The molecule has 0 bridgehead atoms. The molecule has 0 aromatic heterocycles. The Kier molecular flexibility index (Phi) is 7.65. The summed E-state index contributed by atoms with van der Waals surface area (Å²) in [5.74, 6) is 0.672. The summed E-state index contributed by atoms with van der Waals surface area (Å²) in [6.45, 7) is 3.52. The first-order valence-corrected chi connectivity index (χ1v) is 10.4. The topological polar surface area (TPSA) is 76.2 Å². The van der Waals surface area contributed by atoms with Crippen LogP contribution in [0.2, 0.25) is 0 Å². The molecule has 0 radical (unpaired) electrons. The molecular weight excluding hydrogens is 396 g/mol. The molecule has 0 spiro atoms. The first kappa shape index (κ1) is 22.3. The highest BCUT2D eigenvalue weighted by Gasteiger charge is 2.23. The molecule has 7 nitrogen and oxygen atoms in total. The van der Waals surface area contributed by atoms with Gasteiger partial charge in [-0.15, -0.1) is 0 Å². The Hall–Kier alpha value is -3.35. The van der Waals surface area contributed by atoms with Crippen LogP contribution in [0.4, 0.5) is 0 Å². The fraction of sp³-hybridized carbons (Fsp3) is 0.375. The minimum atomic E-state index is -0.428. The molecule has 2 aromatic rings. The molecule has 1 aliphatic rings. The van der Waals surface area contributed by atoms with Crippen molar-refractivity contribution in [1.82, 2.24) is 9.80 Å². The predicted octanol–water partition coefficient (Wildman–Crippen LogP) is 2.93. The van der Waals surface area contributed by atoms with Gasteiger partial charge in [-0.2, -0.15) is 0 Å². The zero-order chi connectivity index (χ0) is 22.2. The lowest BCUT2D eigenvalue weighted by Gasteiger charge is -2.22.